The molecular formula is C12H22N4O3S. The molecule has 0 saturated carbocycles. The highest BCUT2D eigenvalue weighted by molar-refractivity contribution is 7.99. The largest absolute Gasteiger partial charge is 0.396 e. The van der Waals surface area contributed by atoms with Crippen LogP contribution in [0.5, 0.6) is 0 Å². The maximum Gasteiger partial charge on any atom is 0.334 e. The lowest BCUT2D eigenvalue weighted by atomic mass is 10.1. The summed E-state index contributed by atoms with van der Waals surface area (Å²) in [5, 5.41) is 27.2. The van der Waals surface area contributed by atoms with Crippen molar-refractivity contribution in [1.29, 1.82) is 0 Å². The molecule has 0 aliphatic heterocycles. The van der Waals surface area contributed by atoms with E-state index in [1.807, 2.05) is 13.8 Å². The Morgan fingerprint density at radius 2 is 2.20 bits per heavy atom. The highest BCUT2D eigenvalue weighted by Gasteiger charge is 2.28. The van der Waals surface area contributed by atoms with E-state index >= 15 is 0 Å². The van der Waals surface area contributed by atoms with Gasteiger partial charge >= 0.3 is 5.69 Å². The minimum Gasteiger partial charge on any atom is -0.396 e. The number of nitro groups is 1. The molecule has 0 radical (unpaired) electrons. The van der Waals surface area contributed by atoms with Crippen molar-refractivity contribution < 1.29 is 10.0 Å². The number of aliphatic hydroxyl groups is 1. The summed E-state index contributed by atoms with van der Waals surface area (Å²) < 4.78 is 1.53. The highest BCUT2D eigenvalue weighted by Crippen LogP contribution is 2.32. The van der Waals surface area contributed by atoms with Gasteiger partial charge in [0.1, 0.15) is 5.69 Å². The standard InChI is InChI=1S/C12H22N4O3S/c1-9(2)10-11(16(18)19)12(15(3)14-10)13-5-8-20-7-4-6-17/h9,13,17H,4-8H2,1-3H3. The molecule has 114 valence electrons. The van der Waals surface area contributed by atoms with Crippen LogP contribution >= 0.6 is 11.8 Å². The fraction of sp³-hybridized carbons (Fsp3) is 0.750. The van der Waals surface area contributed by atoms with E-state index in [1.54, 1.807) is 18.8 Å². The fourth-order valence-electron chi connectivity index (χ4n) is 1.81. The van der Waals surface area contributed by atoms with Crippen LogP contribution in [0.1, 0.15) is 31.9 Å². The van der Waals surface area contributed by atoms with Crippen LogP contribution < -0.4 is 5.32 Å². The molecule has 1 aromatic rings. The zero-order valence-electron chi connectivity index (χ0n) is 12.1. The molecule has 7 nitrogen and oxygen atoms in total. The van der Waals surface area contributed by atoms with Crippen LogP contribution in [0, 0.1) is 10.1 Å². The van der Waals surface area contributed by atoms with Gasteiger partial charge in [0.2, 0.25) is 5.82 Å². The van der Waals surface area contributed by atoms with Crippen molar-refractivity contribution in [2.45, 2.75) is 26.2 Å². The number of thioether (sulfide) groups is 1. The SMILES string of the molecule is CC(C)c1nn(C)c(NCCSCCCO)c1[N+](=O)[O-]. The van der Waals surface area contributed by atoms with Gasteiger partial charge in [-0.15, -0.1) is 0 Å². The second kappa shape index (κ2) is 8.11. The zero-order chi connectivity index (χ0) is 15.1. The number of aromatic nitrogens is 2. The van der Waals surface area contributed by atoms with Crippen LogP contribution in [0.15, 0.2) is 0 Å². The van der Waals surface area contributed by atoms with Crippen LogP contribution in [0.4, 0.5) is 11.5 Å². The van der Waals surface area contributed by atoms with E-state index in [2.05, 4.69) is 10.4 Å². The molecule has 0 bridgehead atoms. The summed E-state index contributed by atoms with van der Waals surface area (Å²) in [6.45, 7) is 4.62. The normalized spacial score (nSPS) is 11.1. The Morgan fingerprint density at radius 1 is 1.50 bits per heavy atom. The first kappa shape index (κ1) is 16.8. The summed E-state index contributed by atoms with van der Waals surface area (Å²) in [6.07, 6.45) is 0.772. The second-order valence-electron chi connectivity index (χ2n) is 4.73. The fourth-order valence-corrected chi connectivity index (χ4v) is 2.59. The number of nitrogens with one attached hydrogen (secondary N) is 1. The average Bonchev–Trinajstić information content (AvgIpc) is 2.71. The van der Waals surface area contributed by atoms with Gasteiger partial charge in [-0.25, -0.2) is 4.68 Å². The van der Waals surface area contributed by atoms with Crippen molar-refractivity contribution >= 4 is 23.3 Å². The van der Waals surface area contributed by atoms with E-state index in [0.29, 0.717) is 18.1 Å². The van der Waals surface area contributed by atoms with Crippen LogP contribution in [0.25, 0.3) is 0 Å². The van der Waals surface area contributed by atoms with Crippen molar-refractivity contribution in [2.75, 3.05) is 30.0 Å². The van der Waals surface area contributed by atoms with Crippen molar-refractivity contribution in [3.63, 3.8) is 0 Å². The van der Waals surface area contributed by atoms with Crippen LogP contribution in [-0.2, 0) is 7.05 Å². The number of hydrogen-bond acceptors (Lipinski definition) is 6. The van der Waals surface area contributed by atoms with Gasteiger partial charge in [-0.3, -0.25) is 10.1 Å². The summed E-state index contributed by atoms with van der Waals surface area (Å²) in [7, 11) is 1.71. The summed E-state index contributed by atoms with van der Waals surface area (Å²) >= 11 is 1.71. The topological polar surface area (TPSA) is 93.2 Å². The van der Waals surface area contributed by atoms with E-state index < -0.39 is 0 Å². The Bertz CT molecular complexity index is 448. The van der Waals surface area contributed by atoms with Gasteiger partial charge in [0.15, 0.2) is 0 Å². The van der Waals surface area contributed by atoms with Gasteiger partial charge in [0.05, 0.1) is 4.92 Å². The van der Waals surface area contributed by atoms with E-state index in [1.165, 1.54) is 4.68 Å². The lowest BCUT2D eigenvalue weighted by molar-refractivity contribution is -0.384. The molecule has 1 aromatic heterocycles. The molecule has 0 atom stereocenters. The monoisotopic (exact) mass is 302 g/mol. The van der Waals surface area contributed by atoms with Crippen LogP contribution in [0.2, 0.25) is 0 Å². The number of nitrogens with zero attached hydrogens (tertiary/aromatic N) is 3. The maximum atomic E-state index is 11.2. The first-order valence-corrected chi connectivity index (χ1v) is 7.78. The number of aryl methyl sites for hydroxylation is 1. The lowest BCUT2D eigenvalue weighted by Crippen LogP contribution is -2.10. The third-order valence-corrected chi connectivity index (χ3v) is 3.83. The smallest absolute Gasteiger partial charge is 0.334 e. The van der Waals surface area contributed by atoms with E-state index in [4.69, 9.17) is 5.11 Å². The van der Waals surface area contributed by atoms with Gasteiger partial charge in [0.25, 0.3) is 0 Å². The number of anilines is 1. The lowest BCUT2D eigenvalue weighted by Gasteiger charge is -2.06. The molecule has 0 aliphatic carbocycles. The maximum absolute atomic E-state index is 11.2. The third kappa shape index (κ3) is 4.38. The van der Waals surface area contributed by atoms with Crippen molar-refractivity contribution in [3.8, 4) is 0 Å². The Hall–Kier alpha value is -1.28. The van der Waals surface area contributed by atoms with Gasteiger partial charge < -0.3 is 10.4 Å². The molecule has 0 spiro atoms. The Kier molecular flexibility index (Phi) is 6.80. The number of rotatable bonds is 9. The van der Waals surface area contributed by atoms with Gasteiger partial charge in [-0.05, 0) is 12.2 Å². The van der Waals surface area contributed by atoms with Gasteiger partial charge in [0, 0.05) is 31.9 Å². The number of hydrogen-bond donors (Lipinski definition) is 2. The molecule has 0 saturated heterocycles. The summed E-state index contributed by atoms with van der Waals surface area (Å²) in [5.41, 5.74) is 0.579. The van der Waals surface area contributed by atoms with E-state index in [9.17, 15) is 10.1 Å². The first-order chi connectivity index (χ1) is 9.49. The van der Waals surface area contributed by atoms with Crippen molar-refractivity contribution in [1.82, 2.24) is 9.78 Å². The molecule has 0 aromatic carbocycles. The molecule has 1 heterocycles. The third-order valence-electron chi connectivity index (χ3n) is 2.76. The molecule has 20 heavy (non-hydrogen) atoms. The average molecular weight is 302 g/mol. The Morgan fingerprint density at radius 3 is 2.75 bits per heavy atom. The van der Waals surface area contributed by atoms with Crippen molar-refractivity contribution in [2.24, 2.45) is 7.05 Å². The molecule has 0 fully saturated rings. The molecule has 0 aliphatic rings. The van der Waals surface area contributed by atoms with Crippen LogP contribution in [-0.4, -0.2) is 44.5 Å². The minimum absolute atomic E-state index is 0.0103. The zero-order valence-corrected chi connectivity index (χ0v) is 12.9. The molecule has 2 N–H and O–H groups in total. The summed E-state index contributed by atoms with van der Waals surface area (Å²) in [6, 6.07) is 0. The highest BCUT2D eigenvalue weighted by atomic mass is 32.2. The summed E-state index contributed by atoms with van der Waals surface area (Å²) in [4.78, 5) is 10.8. The predicted molar refractivity (Wildman–Crippen MR) is 81.5 cm³/mol. The molecule has 8 heteroatoms. The number of aliphatic hydroxyl groups excluding tert-OH is 1. The molecule has 0 amide bonds. The van der Waals surface area contributed by atoms with Crippen molar-refractivity contribution in [3.05, 3.63) is 15.8 Å². The molecular weight excluding hydrogens is 280 g/mol. The Balaban J connectivity index is 2.67. The second-order valence-corrected chi connectivity index (χ2v) is 5.96. The van der Waals surface area contributed by atoms with Gasteiger partial charge in [-0.1, -0.05) is 13.8 Å². The molecule has 0 unspecified atom stereocenters. The van der Waals surface area contributed by atoms with E-state index in [0.717, 1.165) is 17.9 Å². The van der Waals surface area contributed by atoms with Crippen LogP contribution in [0.3, 0.4) is 0 Å². The van der Waals surface area contributed by atoms with Gasteiger partial charge in [-0.2, -0.15) is 16.9 Å². The minimum atomic E-state index is -0.371. The molecule has 1 rings (SSSR count). The first-order valence-electron chi connectivity index (χ1n) is 6.62. The van der Waals surface area contributed by atoms with E-state index in [-0.39, 0.29) is 23.1 Å². The quantitative estimate of drug-likeness (QED) is 0.411. The predicted octanol–water partition coefficient (Wildman–Crippen LogP) is 1.98. The Labute approximate surface area is 122 Å². The summed E-state index contributed by atoms with van der Waals surface area (Å²) in [5.74, 6) is 2.19.